The monoisotopic (exact) mass is 426 g/mol. The smallest absolute Gasteiger partial charge is 0.230 e. The molecule has 0 spiro atoms. The van der Waals surface area contributed by atoms with Gasteiger partial charge in [-0.2, -0.15) is 0 Å². The normalized spacial score (nSPS) is 17.7. The van der Waals surface area contributed by atoms with Gasteiger partial charge in [0.1, 0.15) is 24.3 Å². The second kappa shape index (κ2) is 8.43. The van der Waals surface area contributed by atoms with Crippen molar-refractivity contribution in [3.63, 3.8) is 0 Å². The number of carbonyl (C=O) groups excluding carboxylic acids is 1. The van der Waals surface area contributed by atoms with E-state index in [1.165, 1.54) is 11.8 Å². The minimum Gasteiger partial charge on any atom is -0.486 e. The number of ether oxygens (including phenoxy) is 2. The summed E-state index contributed by atoms with van der Waals surface area (Å²) < 4.78 is 19.1. The van der Waals surface area contributed by atoms with Crippen LogP contribution in [0.2, 0.25) is 0 Å². The van der Waals surface area contributed by atoms with Crippen LogP contribution in [0.3, 0.4) is 0 Å². The predicted molar refractivity (Wildman–Crippen MR) is 110 cm³/mol. The zero-order valence-corrected chi connectivity index (χ0v) is 17.1. The van der Waals surface area contributed by atoms with Crippen molar-refractivity contribution in [3.05, 3.63) is 54.2 Å². The van der Waals surface area contributed by atoms with Crippen LogP contribution in [-0.4, -0.2) is 45.7 Å². The van der Waals surface area contributed by atoms with Crippen LogP contribution in [0.5, 0.6) is 11.5 Å². The maximum atomic E-state index is 12.4. The topological polar surface area (TPSA) is 91.4 Å². The molecule has 0 radical (unpaired) electrons. The molecule has 9 heteroatoms. The van der Waals surface area contributed by atoms with E-state index in [0.717, 1.165) is 35.3 Å². The Morgan fingerprint density at radius 1 is 1.17 bits per heavy atom. The summed E-state index contributed by atoms with van der Waals surface area (Å²) in [6.45, 7) is 1.37. The maximum Gasteiger partial charge on any atom is 0.230 e. The molecule has 8 nitrogen and oxygen atoms in total. The standard InChI is InChI=1S/C21H22N4O4S/c26-19(22-10-16-12-28-17-5-1-2-6-18(17)29-16)13-30-21-24-23-20(14-7-8-14)25(21)11-15-4-3-9-27-15/h1-6,9,14,16H,7-8,10-13H2,(H,22,26). The summed E-state index contributed by atoms with van der Waals surface area (Å²) in [6.07, 6.45) is 3.71. The SMILES string of the molecule is O=C(CSc1nnc(C2CC2)n1Cc1ccco1)NCC1COc2ccccc2O1. The molecule has 156 valence electrons. The lowest BCUT2D eigenvalue weighted by Gasteiger charge is -2.26. The Morgan fingerprint density at radius 3 is 2.83 bits per heavy atom. The molecule has 1 aliphatic heterocycles. The van der Waals surface area contributed by atoms with Gasteiger partial charge in [0.2, 0.25) is 5.91 Å². The first-order valence-electron chi connectivity index (χ1n) is 10.00. The van der Waals surface area contributed by atoms with Gasteiger partial charge in [-0.3, -0.25) is 9.36 Å². The van der Waals surface area contributed by atoms with Crippen molar-refractivity contribution in [2.24, 2.45) is 0 Å². The van der Waals surface area contributed by atoms with E-state index in [4.69, 9.17) is 13.9 Å². The van der Waals surface area contributed by atoms with Gasteiger partial charge in [0, 0.05) is 5.92 Å². The third-order valence-electron chi connectivity index (χ3n) is 5.01. The van der Waals surface area contributed by atoms with Gasteiger partial charge in [-0.15, -0.1) is 10.2 Å². The van der Waals surface area contributed by atoms with Crippen LogP contribution in [-0.2, 0) is 11.3 Å². The quantitative estimate of drug-likeness (QED) is 0.554. The summed E-state index contributed by atoms with van der Waals surface area (Å²) in [7, 11) is 0. The number of nitrogens with zero attached hydrogens (tertiary/aromatic N) is 3. The average molecular weight is 426 g/mol. The van der Waals surface area contributed by atoms with Crippen LogP contribution in [0.4, 0.5) is 0 Å². The Labute approximate surface area is 178 Å². The maximum absolute atomic E-state index is 12.4. The fourth-order valence-corrected chi connectivity index (χ4v) is 4.10. The number of rotatable bonds is 8. The van der Waals surface area contributed by atoms with Gasteiger partial charge in [-0.05, 0) is 37.1 Å². The largest absolute Gasteiger partial charge is 0.486 e. The number of aromatic nitrogens is 3. The average Bonchev–Trinajstić information content (AvgIpc) is 3.34. The van der Waals surface area contributed by atoms with Crippen LogP contribution < -0.4 is 14.8 Å². The third kappa shape index (κ3) is 4.30. The van der Waals surface area contributed by atoms with Crippen LogP contribution >= 0.6 is 11.8 Å². The van der Waals surface area contributed by atoms with Crippen LogP contribution in [0, 0.1) is 0 Å². The van der Waals surface area contributed by atoms with E-state index >= 15 is 0 Å². The highest BCUT2D eigenvalue weighted by Crippen LogP contribution is 2.40. The number of hydrogen-bond donors (Lipinski definition) is 1. The number of carbonyl (C=O) groups is 1. The van der Waals surface area contributed by atoms with E-state index in [-0.39, 0.29) is 17.8 Å². The van der Waals surface area contributed by atoms with Crippen molar-refractivity contribution in [1.82, 2.24) is 20.1 Å². The Balaban J connectivity index is 1.15. The highest BCUT2D eigenvalue weighted by molar-refractivity contribution is 7.99. The molecule has 3 heterocycles. The van der Waals surface area contributed by atoms with E-state index in [0.29, 0.717) is 31.4 Å². The van der Waals surface area contributed by atoms with E-state index in [2.05, 4.69) is 20.1 Å². The number of para-hydroxylation sites is 2. The van der Waals surface area contributed by atoms with Crippen molar-refractivity contribution in [1.29, 1.82) is 0 Å². The molecular weight excluding hydrogens is 404 g/mol. The van der Waals surface area contributed by atoms with Crippen molar-refractivity contribution in [2.45, 2.75) is 36.6 Å². The fourth-order valence-electron chi connectivity index (χ4n) is 3.33. The molecule has 1 unspecified atom stereocenters. The first-order valence-corrected chi connectivity index (χ1v) is 11.0. The number of thioether (sulfide) groups is 1. The van der Waals surface area contributed by atoms with Crippen LogP contribution in [0.15, 0.2) is 52.2 Å². The molecule has 2 aromatic heterocycles. The van der Waals surface area contributed by atoms with Crippen molar-refractivity contribution in [3.8, 4) is 11.5 Å². The fraction of sp³-hybridized carbons (Fsp3) is 0.381. The summed E-state index contributed by atoms with van der Waals surface area (Å²) in [4.78, 5) is 12.4. The summed E-state index contributed by atoms with van der Waals surface area (Å²) in [5, 5.41) is 12.3. The van der Waals surface area contributed by atoms with Gasteiger partial charge in [-0.1, -0.05) is 23.9 Å². The second-order valence-electron chi connectivity index (χ2n) is 7.37. The summed E-state index contributed by atoms with van der Waals surface area (Å²) >= 11 is 1.38. The van der Waals surface area contributed by atoms with Gasteiger partial charge in [0.15, 0.2) is 16.7 Å². The van der Waals surface area contributed by atoms with E-state index in [1.807, 2.05) is 36.4 Å². The summed E-state index contributed by atoms with van der Waals surface area (Å²) in [6, 6.07) is 11.3. The molecule has 2 aliphatic rings. The third-order valence-corrected chi connectivity index (χ3v) is 5.98. The van der Waals surface area contributed by atoms with Crippen molar-refractivity contribution < 1.29 is 18.7 Å². The molecule has 1 aliphatic carbocycles. The Bertz CT molecular complexity index is 1020. The molecular formula is C21H22N4O4S. The molecule has 5 rings (SSSR count). The zero-order chi connectivity index (χ0) is 20.3. The number of benzene rings is 1. The molecule has 0 saturated heterocycles. The molecule has 1 fully saturated rings. The molecule has 1 aromatic carbocycles. The second-order valence-corrected chi connectivity index (χ2v) is 8.31. The first-order chi connectivity index (χ1) is 14.8. The van der Waals surface area contributed by atoms with Gasteiger partial charge in [0.05, 0.1) is 25.1 Å². The highest BCUT2D eigenvalue weighted by Gasteiger charge is 2.31. The van der Waals surface area contributed by atoms with Crippen molar-refractivity contribution in [2.75, 3.05) is 18.9 Å². The summed E-state index contributed by atoms with van der Waals surface area (Å²) in [5.41, 5.74) is 0. The number of amides is 1. The minimum absolute atomic E-state index is 0.0806. The van der Waals surface area contributed by atoms with Crippen LogP contribution in [0.25, 0.3) is 0 Å². The highest BCUT2D eigenvalue weighted by atomic mass is 32.2. The Hall–Kier alpha value is -2.94. The first kappa shape index (κ1) is 19.0. The summed E-state index contributed by atoms with van der Waals surface area (Å²) in [5.74, 6) is 3.89. The predicted octanol–water partition coefficient (Wildman–Crippen LogP) is 2.85. The molecule has 1 N–H and O–H groups in total. The molecule has 3 aromatic rings. The van der Waals surface area contributed by atoms with Crippen LogP contribution in [0.1, 0.15) is 30.3 Å². The lowest BCUT2D eigenvalue weighted by molar-refractivity contribution is -0.119. The molecule has 1 saturated carbocycles. The number of furan rings is 1. The van der Waals surface area contributed by atoms with Gasteiger partial charge >= 0.3 is 0 Å². The Kier molecular flexibility index (Phi) is 5.35. The van der Waals surface area contributed by atoms with Gasteiger partial charge < -0.3 is 19.2 Å². The Morgan fingerprint density at radius 2 is 2.03 bits per heavy atom. The molecule has 1 amide bonds. The minimum atomic E-state index is -0.210. The van der Waals surface area contributed by atoms with E-state index < -0.39 is 0 Å². The molecule has 1 atom stereocenters. The number of nitrogens with one attached hydrogen (secondary N) is 1. The van der Waals surface area contributed by atoms with Gasteiger partial charge in [-0.25, -0.2) is 0 Å². The van der Waals surface area contributed by atoms with E-state index in [9.17, 15) is 4.79 Å². The van der Waals surface area contributed by atoms with Crippen molar-refractivity contribution >= 4 is 17.7 Å². The molecule has 30 heavy (non-hydrogen) atoms. The number of hydrogen-bond acceptors (Lipinski definition) is 7. The van der Waals surface area contributed by atoms with E-state index in [1.54, 1.807) is 6.26 Å². The molecule has 0 bridgehead atoms. The lowest BCUT2D eigenvalue weighted by atomic mass is 10.2. The van der Waals surface area contributed by atoms with Gasteiger partial charge in [0.25, 0.3) is 0 Å². The number of fused-ring (bicyclic) bond motifs is 1. The lowest BCUT2D eigenvalue weighted by Crippen LogP contribution is -2.41. The zero-order valence-electron chi connectivity index (χ0n) is 16.3.